The van der Waals surface area contributed by atoms with Gasteiger partial charge in [0.1, 0.15) is 5.60 Å². The van der Waals surface area contributed by atoms with E-state index in [9.17, 15) is 0 Å². The number of hydrogen-bond acceptors (Lipinski definition) is 5. The predicted molar refractivity (Wildman–Crippen MR) is 109 cm³/mol. The summed E-state index contributed by atoms with van der Waals surface area (Å²) in [6, 6.07) is 0.708. The van der Waals surface area contributed by atoms with Crippen LogP contribution in [-0.2, 0) is 9.47 Å². The number of hydrogen-bond donors (Lipinski definition) is 0. The molecule has 5 heteroatoms. The Morgan fingerprint density at radius 2 is 1.63 bits per heavy atom. The lowest BCUT2D eigenvalue weighted by Crippen LogP contribution is -2.70. The van der Waals surface area contributed by atoms with Gasteiger partial charge in [0, 0.05) is 51.9 Å². The summed E-state index contributed by atoms with van der Waals surface area (Å²) in [7, 11) is 0. The van der Waals surface area contributed by atoms with Gasteiger partial charge in [-0.15, -0.1) is 0 Å². The largest absolute Gasteiger partial charge is 0.378 e. The molecule has 4 aliphatic rings. The van der Waals surface area contributed by atoms with Gasteiger partial charge in [0.05, 0.1) is 12.7 Å². The molecule has 3 saturated heterocycles. The second-order valence-corrected chi connectivity index (χ2v) is 9.92. The van der Waals surface area contributed by atoms with Crippen molar-refractivity contribution in [3.05, 3.63) is 0 Å². The molecule has 4 rings (SSSR count). The Kier molecular flexibility index (Phi) is 6.44. The molecule has 1 aliphatic carbocycles. The van der Waals surface area contributed by atoms with Gasteiger partial charge < -0.3 is 14.4 Å². The molecule has 0 bridgehead atoms. The molecule has 156 valence electrons. The smallest absolute Gasteiger partial charge is 0.106 e. The minimum absolute atomic E-state index is 0.139. The normalized spacial score (nSPS) is 33.3. The second kappa shape index (κ2) is 8.66. The average Bonchev–Trinajstić information content (AvgIpc) is 2.59. The molecule has 4 fully saturated rings. The maximum Gasteiger partial charge on any atom is 0.106 e. The first-order valence-electron chi connectivity index (χ1n) is 11.5. The van der Waals surface area contributed by atoms with Gasteiger partial charge in [-0.25, -0.2) is 0 Å². The van der Waals surface area contributed by atoms with Crippen molar-refractivity contribution in [3.63, 3.8) is 0 Å². The van der Waals surface area contributed by atoms with Crippen LogP contribution in [0, 0.1) is 11.8 Å². The van der Waals surface area contributed by atoms with Gasteiger partial charge in [0.25, 0.3) is 0 Å². The third-order valence-electron chi connectivity index (χ3n) is 7.36. The highest BCUT2D eigenvalue weighted by molar-refractivity contribution is 5.02. The van der Waals surface area contributed by atoms with E-state index in [-0.39, 0.29) is 5.60 Å². The summed E-state index contributed by atoms with van der Waals surface area (Å²) in [6.07, 6.45) is 5.81. The first kappa shape index (κ1) is 20.1. The number of nitrogens with zero attached hydrogens (tertiary/aromatic N) is 3. The summed E-state index contributed by atoms with van der Waals surface area (Å²) in [5.41, 5.74) is 0.139. The standard InChI is InChI=1S/C22H41N3O2/c1-4-26-21-11-20(12-21)14-23-9-10-27-22(15-23)16-24(17-22)13-19-5-7-25(8-6-19)18(2)3/h18-21H,4-17H2,1-3H3. The van der Waals surface area contributed by atoms with Gasteiger partial charge in [-0.2, -0.15) is 0 Å². The molecule has 0 unspecified atom stereocenters. The van der Waals surface area contributed by atoms with E-state index in [0.717, 1.165) is 51.2 Å². The van der Waals surface area contributed by atoms with Crippen LogP contribution in [0.2, 0.25) is 0 Å². The highest BCUT2D eigenvalue weighted by Crippen LogP contribution is 2.35. The summed E-state index contributed by atoms with van der Waals surface area (Å²) < 4.78 is 12.0. The highest BCUT2D eigenvalue weighted by atomic mass is 16.5. The number of piperidine rings is 1. The molecule has 0 radical (unpaired) electrons. The van der Waals surface area contributed by atoms with Gasteiger partial charge in [-0.05, 0) is 71.4 Å². The van der Waals surface area contributed by atoms with Crippen LogP contribution in [0.15, 0.2) is 0 Å². The maximum atomic E-state index is 6.28. The number of ether oxygens (including phenoxy) is 2. The predicted octanol–water partition coefficient (Wildman–Crippen LogP) is 2.31. The van der Waals surface area contributed by atoms with Crippen molar-refractivity contribution in [2.45, 2.75) is 64.2 Å². The van der Waals surface area contributed by atoms with E-state index in [1.165, 1.54) is 51.9 Å². The molecule has 0 aromatic heterocycles. The van der Waals surface area contributed by atoms with Gasteiger partial charge in [-0.1, -0.05) is 0 Å². The fourth-order valence-corrected chi connectivity index (χ4v) is 5.75. The van der Waals surface area contributed by atoms with E-state index < -0.39 is 0 Å². The Labute approximate surface area is 166 Å². The van der Waals surface area contributed by atoms with Gasteiger partial charge in [0.15, 0.2) is 0 Å². The van der Waals surface area contributed by atoms with E-state index in [0.29, 0.717) is 12.1 Å². The average molecular weight is 380 g/mol. The first-order valence-corrected chi connectivity index (χ1v) is 11.5. The minimum Gasteiger partial charge on any atom is -0.378 e. The fourth-order valence-electron chi connectivity index (χ4n) is 5.75. The van der Waals surface area contributed by atoms with Crippen LogP contribution in [0.4, 0.5) is 0 Å². The van der Waals surface area contributed by atoms with Crippen molar-refractivity contribution in [1.82, 2.24) is 14.7 Å². The molecule has 5 nitrogen and oxygen atoms in total. The number of rotatable bonds is 7. The van der Waals surface area contributed by atoms with Crippen molar-refractivity contribution in [1.29, 1.82) is 0 Å². The van der Waals surface area contributed by atoms with E-state index >= 15 is 0 Å². The quantitative estimate of drug-likeness (QED) is 0.677. The molecule has 1 saturated carbocycles. The molecular formula is C22H41N3O2. The SMILES string of the molecule is CCOC1CC(CN2CCOC3(C2)CN(CC2CCN(C(C)C)CC2)C3)C1. The Bertz CT molecular complexity index is 466. The molecule has 0 atom stereocenters. The zero-order valence-corrected chi connectivity index (χ0v) is 17.9. The van der Waals surface area contributed by atoms with Crippen LogP contribution >= 0.6 is 0 Å². The van der Waals surface area contributed by atoms with Gasteiger partial charge >= 0.3 is 0 Å². The number of likely N-dealkylation sites (tertiary alicyclic amines) is 2. The summed E-state index contributed by atoms with van der Waals surface area (Å²) in [6.45, 7) is 18.2. The molecule has 3 aliphatic heterocycles. The van der Waals surface area contributed by atoms with Crippen LogP contribution in [-0.4, -0.2) is 98.0 Å². The topological polar surface area (TPSA) is 28.2 Å². The van der Waals surface area contributed by atoms with E-state index in [2.05, 4.69) is 35.5 Å². The highest BCUT2D eigenvalue weighted by Gasteiger charge is 2.48. The van der Waals surface area contributed by atoms with Crippen molar-refractivity contribution >= 4 is 0 Å². The first-order chi connectivity index (χ1) is 13.0. The second-order valence-electron chi connectivity index (χ2n) is 9.92. The summed E-state index contributed by atoms with van der Waals surface area (Å²) in [5, 5.41) is 0. The van der Waals surface area contributed by atoms with Crippen molar-refractivity contribution in [2.24, 2.45) is 11.8 Å². The monoisotopic (exact) mass is 379 g/mol. The van der Waals surface area contributed by atoms with Gasteiger partial charge in [-0.3, -0.25) is 9.80 Å². The van der Waals surface area contributed by atoms with E-state index in [1.54, 1.807) is 0 Å². The molecule has 0 aromatic carbocycles. The van der Waals surface area contributed by atoms with Crippen LogP contribution in [0.5, 0.6) is 0 Å². The zero-order valence-electron chi connectivity index (χ0n) is 17.9. The molecule has 3 heterocycles. The van der Waals surface area contributed by atoms with E-state index in [1.807, 2.05) is 0 Å². The zero-order chi connectivity index (χ0) is 18.9. The van der Waals surface area contributed by atoms with E-state index in [4.69, 9.17) is 9.47 Å². The minimum atomic E-state index is 0.139. The fraction of sp³-hybridized carbons (Fsp3) is 1.00. The van der Waals surface area contributed by atoms with Crippen LogP contribution in [0.1, 0.15) is 46.5 Å². The summed E-state index contributed by atoms with van der Waals surface area (Å²) in [4.78, 5) is 7.97. The van der Waals surface area contributed by atoms with Crippen molar-refractivity contribution in [2.75, 3.05) is 65.6 Å². The summed E-state index contributed by atoms with van der Waals surface area (Å²) in [5.74, 6) is 1.74. The van der Waals surface area contributed by atoms with Crippen molar-refractivity contribution in [3.8, 4) is 0 Å². The Morgan fingerprint density at radius 3 is 2.30 bits per heavy atom. The molecule has 1 spiro atoms. The third kappa shape index (κ3) is 4.87. The molecular weight excluding hydrogens is 338 g/mol. The Morgan fingerprint density at radius 1 is 0.963 bits per heavy atom. The summed E-state index contributed by atoms with van der Waals surface area (Å²) >= 11 is 0. The van der Waals surface area contributed by atoms with Crippen LogP contribution < -0.4 is 0 Å². The van der Waals surface area contributed by atoms with Gasteiger partial charge in [0.2, 0.25) is 0 Å². The number of morpholine rings is 1. The van der Waals surface area contributed by atoms with Crippen LogP contribution in [0.3, 0.4) is 0 Å². The maximum absolute atomic E-state index is 6.28. The Hall–Kier alpha value is -0.200. The lowest BCUT2D eigenvalue weighted by Gasteiger charge is -2.55. The third-order valence-corrected chi connectivity index (χ3v) is 7.36. The lowest BCUT2D eigenvalue weighted by atomic mass is 9.81. The molecule has 0 aromatic rings. The lowest BCUT2D eigenvalue weighted by molar-refractivity contribution is -0.190. The van der Waals surface area contributed by atoms with Crippen molar-refractivity contribution < 1.29 is 9.47 Å². The molecule has 0 amide bonds. The molecule has 27 heavy (non-hydrogen) atoms. The molecule has 0 N–H and O–H groups in total. The Balaban J connectivity index is 1.15. The van der Waals surface area contributed by atoms with Crippen LogP contribution in [0.25, 0.3) is 0 Å².